The van der Waals surface area contributed by atoms with Crippen LogP contribution in [-0.2, 0) is 64.0 Å². The minimum Gasteiger partial charge on any atom is -0.481 e. The van der Waals surface area contributed by atoms with E-state index in [2.05, 4.69) is 104 Å². The molecule has 2 rings (SSSR count). The maximum atomic E-state index is 14.1. The number of benzene rings is 1. The SMILES string of the molecule is C/C(=N/O)C(C)(C)NCCC(CCNC(=O)CCCC(=O)NCCCC[C@@H]1NC(=O)CSC[C@@H](C(=O)O)NC(=O)[C@H](Cc2ccccc2)NC(=O)[C@H](CS)NC(=O)[C@H](CC(=O)O)NC(=O)CNC(=O)[C@H](CCCN=C(N)N)NC(=O)[C@H](CS)NC1=O)CCNC(C)(C)/C(C)=N/O. The van der Waals surface area contributed by atoms with Gasteiger partial charge in [0.05, 0.1) is 41.2 Å². The summed E-state index contributed by atoms with van der Waals surface area (Å²) >= 11 is 9.20. The van der Waals surface area contributed by atoms with E-state index < -0.39 is 143 Å². The number of carbonyl (C=O) groups excluding carboxylic acids is 10. The van der Waals surface area contributed by atoms with Crippen molar-refractivity contribution in [2.24, 2.45) is 32.7 Å². The summed E-state index contributed by atoms with van der Waals surface area (Å²) in [5.74, 6) is -13.2. The molecule has 1 aromatic carbocycles. The topological polar surface area (TPSA) is 519 Å². The van der Waals surface area contributed by atoms with Crippen LogP contribution < -0.4 is 75.3 Å². The number of hydrogen-bond acceptors (Lipinski definition) is 22. The molecule has 0 aromatic heterocycles. The Morgan fingerprint density at radius 2 is 1.08 bits per heavy atom. The molecule has 1 aliphatic heterocycles. The lowest BCUT2D eigenvalue weighted by Gasteiger charge is -2.28. The van der Waals surface area contributed by atoms with Crippen LogP contribution in [0.1, 0.15) is 124 Å². The van der Waals surface area contributed by atoms with E-state index in [0.717, 1.165) is 24.6 Å². The molecular weight excluding hydrogens is 1310 g/mol. The van der Waals surface area contributed by atoms with Crippen LogP contribution in [0.25, 0.3) is 0 Å². The van der Waals surface area contributed by atoms with Gasteiger partial charge in [0.15, 0.2) is 5.96 Å². The summed E-state index contributed by atoms with van der Waals surface area (Å²) in [7, 11) is 0. The number of carboxylic acid groups (broad SMARTS) is 2. The molecule has 33 nitrogen and oxygen atoms in total. The van der Waals surface area contributed by atoms with Crippen molar-refractivity contribution in [1.29, 1.82) is 0 Å². The van der Waals surface area contributed by atoms with Crippen molar-refractivity contribution in [2.75, 3.05) is 62.3 Å². The summed E-state index contributed by atoms with van der Waals surface area (Å²) in [5.41, 5.74) is 11.4. The third-order valence-electron chi connectivity index (χ3n) is 15.6. The van der Waals surface area contributed by atoms with Gasteiger partial charge in [-0.1, -0.05) is 40.6 Å². The van der Waals surface area contributed by atoms with E-state index >= 15 is 0 Å². The van der Waals surface area contributed by atoms with Gasteiger partial charge in [-0.2, -0.15) is 25.3 Å². The van der Waals surface area contributed by atoms with Gasteiger partial charge < -0.3 is 95.9 Å². The lowest BCUT2D eigenvalue weighted by molar-refractivity contribution is -0.141. The van der Waals surface area contributed by atoms with Gasteiger partial charge in [-0.25, -0.2) is 4.79 Å². The highest BCUT2D eigenvalue weighted by molar-refractivity contribution is 8.00. The number of aliphatic carboxylic acids is 2. The molecule has 1 saturated heterocycles. The lowest BCUT2D eigenvalue weighted by Crippen LogP contribution is -2.59. The highest BCUT2D eigenvalue weighted by atomic mass is 32.2. The molecule has 1 aromatic rings. The zero-order chi connectivity index (χ0) is 72.0. The summed E-state index contributed by atoms with van der Waals surface area (Å²) in [5, 5.41) is 77.1. The number of carboxylic acids is 2. The number of nitrogens with one attached hydrogen (secondary N) is 12. The number of oxime groups is 2. The minimum absolute atomic E-state index is 0.0124. The van der Waals surface area contributed by atoms with Gasteiger partial charge in [-0.05, 0) is 124 Å². The molecule has 0 radical (unpaired) electrons. The second-order valence-electron chi connectivity index (χ2n) is 24.0. The summed E-state index contributed by atoms with van der Waals surface area (Å²) in [6.07, 6.45) is 1.64. The summed E-state index contributed by atoms with van der Waals surface area (Å²) < 4.78 is 0. The Hall–Kier alpha value is -7.96. The fourth-order valence-electron chi connectivity index (χ4n) is 9.27. The van der Waals surface area contributed by atoms with Crippen molar-refractivity contribution in [3.05, 3.63) is 35.9 Å². The van der Waals surface area contributed by atoms with Crippen molar-refractivity contribution in [2.45, 2.75) is 178 Å². The number of aliphatic imine (C=N–C) groups is 1. The van der Waals surface area contributed by atoms with E-state index in [9.17, 15) is 78.2 Å². The zero-order valence-corrected chi connectivity index (χ0v) is 57.9. The van der Waals surface area contributed by atoms with Crippen LogP contribution in [0, 0.1) is 5.92 Å². The second kappa shape index (κ2) is 44.7. The standard InChI is InChI=1S/C60H99N17O16S3/c1-35(76-92)59(3,4)67-26-21-37(22-27-68-60(5,6)36(2)77-93)20-25-64-47(79)19-12-18-46(78)63-23-11-10-16-40-52(85)73-43(31-94)55(88)71-39(17-13-24-65-58(61)62)51(84)66-30-48(80)70-42(29-50(82)83)54(87)74-44(32-95)56(89)72-41(28-38-14-8-7-9-15-38)53(86)75-45(57(90)91)33-96-34-49(81)69-40/h7-9,14-15,37,39-45,67-68,92-95H,10-13,16-34H2,1-6H3,(H,63,78)(H,64,79)(H,66,84)(H,69,81)(H,70,80)(H,71,88)(H,72,89)(H,73,85)(H,74,87)(H,75,86)(H,82,83)(H,90,91)(H4,61,62,65)/b76-35-,77-36+/t37?,39-,40-,41-,42-,43-,44-,45-/m0/s1. The van der Waals surface area contributed by atoms with E-state index in [1.807, 2.05) is 27.7 Å². The molecule has 0 saturated carbocycles. The van der Waals surface area contributed by atoms with Crippen molar-refractivity contribution in [1.82, 2.24) is 63.8 Å². The number of thiol groups is 2. The molecule has 10 amide bonds. The molecule has 538 valence electrons. The molecule has 1 fully saturated rings. The molecule has 0 aliphatic carbocycles. The largest absolute Gasteiger partial charge is 0.481 e. The van der Waals surface area contributed by atoms with Crippen molar-refractivity contribution in [3.63, 3.8) is 0 Å². The molecule has 0 bridgehead atoms. The van der Waals surface area contributed by atoms with E-state index in [1.54, 1.807) is 44.2 Å². The number of guanidine groups is 1. The lowest BCUT2D eigenvalue weighted by atomic mass is 9.94. The van der Waals surface area contributed by atoms with Crippen LogP contribution >= 0.6 is 37.0 Å². The Morgan fingerprint density at radius 1 is 0.604 bits per heavy atom. The highest BCUT2D eigenvalue weighted by Crippen LogP contribution is 2.17. The first-order chi connectivity index (χ1) is 45.4. The number of nitrogens with zero attached hydrogens (tertiary/aromatic N) is 3. The Bertz CT molecular complexity index is 2810. The van der Waals surface area contributed by atoms with E-state index in [0.29, 0.717) is 43.0 Å². The smallest absolute Gasteiger partial charge is 0.327 e. The number of nitrogens with two attached hydrogens (primary N) is 2. The zero-order valence-electron chi connectivity index (χ0n) is 55.3. The monoisotopic (exact) mass is 1410 g/mol. The number of unbranched alkanes of at least 4 members (excludes halogenated alkanes) is 1. The maximum absolute atomic E-state index is 14.1. The summed E-state index contributed by atoms with van der Waals surface area (Å²) in [4.78, 5) is 164. The number of hydrogen-bond donors (Lipinski definition) is 20. The predicted octanol–water partition coefficient (Wildman–Crippen LogP) is -2.25. The second-order valence-corrected chi connectivity index (χ2v) is 25.7. The quantitative estimate of drug-likeness (QED) is 0.00883. The van der Waals surface area contributed by atoms with Gasteiger partial charge in [0, 0.05) is 56.2 Å². The fraction of sp³-hybridized carbons (Fsp3) is 0.650. The molecule has 36 heteroatoms. The van der Waals surface area contributed by atoms with Gasteiger partial charge in [0.1, 0.15) is 42.3 Å². The molecule has 1 heterocycles. The first kappa shape index (κ1) is 84.1. The molecule has 1 unspecified atom stereocenters. The van der Waals surface area contributed by atoms with Gasteiger partial charge in [-0.15, -0.1) is 11.8 Å². The van der Waals surface area contributed by atoms with Crippen LogP contribution in [0.5, 0.6) is 0 Å². The number of amides is 10. The van der Waals surface area contributed by atoms with Gasteiger partial charge in [0.25, 0.3) is 0 Å². The molecular formula is C60H99N17O16S3. The Kier molecular flexibility index (Phi) is 39.2. The number of carbonyl (C=O) groups is 12. The first-order valence-corrected chi connectivity index (χ1v) is 33.9. The van der Waals surface area contributed by atoms with E-state index in [-0.39, 0.29) is 100 Å². The Labute approximate surface area is 574 Å². The fourth-order valence-corrected chi connectivity index (χ4v) is 10.6. The Morgan fingerprint density at radius 3 is 1.61 bits per heavy atom. The van der Waals surface area contributed by atoms with E-state index in [1.165, 1.54) is 0 Å². The van der Waals surface area contributed by atoms with Crippen LogP contribution in [0.2, 0.25) is 0 Å². The predicted molar refractivity (Wildman–Crippen MR) is 367 cm³/mol. The molecule has 96 heavy (non-hydrogen) atoms. The molecule has 1 aliphatic rings. The van der Waals surface area contributed by atoms with Crippen molar-refractivity contribution < 1.29 is 78.2 Å². The first-order valence-electron chi connectivity index (χ1n) is 31.5. The number of thioether (sulfide) groups is 1. The Balaban J connectivity index is 2.32. The van der Waals surface area contributed by atoms with Crippen molar-refractivity contribution >= 4 is 125 Å². The van der Waals surface area contributed by atoms with Crippen molar-refractivity contribution in [3.8, 4) is 0 Å². The normalized spacial score (nSPS) is 21.0. The summed E-state index contributed by atoms with van der Waals surface area (Å²) in [6.45, 7) is 11.9. The average molecular weight is 1410 g/mol. The highest BCUT2D eigenvalue weighted by Gasteiger charge is 2.34. The van der Waals surface area contributed by atoms with Crippen LogP contribution in [-0.4, -0.2) is 225 Å². The van der Waals surface area contributed by atoms with E-state index in [4.69, 9.17) is 11.5 Å². The number of rotatable bonds is 33. The van der Waals surface area contributed by atoms with Gasteiger partial charge in [0.2, 0.25) is 59.1 Å². The summed E-state index contributed by atoms with van der Waals surface area (Å²) in [6, 6.07) is -2.59. The molecule has 20 N–H and O–H groups in total. The maximum Gasteiger partial charge on any atom is 0.327 e. The van der Waals surface area contributed by atoms with Gasteiger partial charge >= 0.3 is 11.9 Å². The van der Waals surface area contributed by atoms with Crippen LogP contribution in [0.15, 0.2) is 45.6 Å². The van der Waals surface area contributed by atoms with Crippen LogP contribution in [0.4, 0.5) is 0 Å². The van der Waals surface area contributed by atoms with Crippen LogP contribution in [0.3, 0.4) is 0 Å². The molecule has 0 spiro atoms. The minimum atomic E-state index is -1.85. The third kappa shape index (κ3) is 33.6. The average Bonchev–Trinajstić information content (AvgIpc) is 0.983. The third-order valence-corrected chi connectivity index (χ3v) is 17.4. The van der Waals surface area contributed by atoms with Gasteiger partial charge in [-0.3, -0.25) is 57.7 Å². The molecule has 8 atom stereocenters.